The molecule has 0 aromatic heterocycles. The summed E-state index contributed by atoms with van der Waals surface area (Å²) in [6.07, 6.45) is 3.73. The summed E-state index contributed by atoms with van der Waals surface area (Å²) in [5.41, 5.74) is 0.894. The minimum atomic E-state index is -0.224. The molecule has 0 aliphatic carbocycles. The molecule has 2 rings (SSSR count). The van der Waals surface area contributed by atoms with Gasteiger partial charge in [0.15, 0.2) is 0 Å². The lowest BCUT2D eigenvalue weighted by atomic mass is 9.99. The first-order chi connectivity index (χ1) is 9.22. The molecule has 21 heavy (non-hydrogen) atoms. The summed E-state index contributed by atoms with van der Waals surface area (Å²) in [7, 11) is 0. The quantitative estimate of drug-likeness (QED) is 0.795. The van der Waals surface area contributed by atoms with E-state index < -0.39 is 0 Å². The topological polar surface area (TPSA) is 15.3 Å². The number of rotatable bonds is 5. The summed E-state index contributed by atoms with van der Waals surface area (Å²) in [6.45, 7) is 7.65. The van der Waals surface area contributed by atoms with Crippen LogP contribution in [0.1, 0.15) is 24.4 Å². The minimum Gasteiger partial charge on any atom is -0.314 e. The molecule has 6 heteroatoms. The van der Waals surface area contributed by atoms with Gasteiger partial charge in [-0.15, -0.1) is 31.4 Å². The van der Waals surface area contributed by atoms with Gasteiger partial charge >= 0.3 is 0 Å². The van der Waals surface area contributed by atoms with Crippen LogP contribution in [0.2, 0.25) is 5.02 Å². The van der Waals surface area contributed by atoms with Gasteiger partial charge in [-0.05, 0) is 36.6 Å². The van der Waals surface area contributed by atoms with E-state index in [1.54, 1.807) is 12.1 Å². The normalized spacial score (nSPS) is 16.5. The van der Waals surface area contributed by atoms with Crippen LogP contribution < -0.4 is 5.32 Å². The van der Waals surface area contributed by atoms with Gasteiger partial charge in [-0.2, -0.15) is 0 Å². The first-order valence-electron chi connectivity index (χ1n) is 6.73. The lowest BCUT2D eigenvalue weighted by Gasteiger charge is -2.35. The van der Waals surface area contributed by atoms with Gasteiger partial charge in [0.2, 0.25) is 0 Å². The second kappa shape index (κ2) is 10.4. The Morgan fingerprint density at radius 1 is 1.33 bits per heavy atom. The molecule has 1 heterocycles. The predicted octanol–water partition coefficient (Wildman–Crippen LogP) is 4.24. The Hall–Kier alpha value is -0.320. The molecule has 1 aromatic carbocycles. The third kappa shape index (κ3) is 5.76. The summed E-state index contributed by atoms with van der Waals surface area (Å²) in [5.74, 6) is -0.224. The maximum atomic E-state index is 13.5. The molecule has 0 radical (unpaired) electrons. The predicted molar refractivity (Wildman–Crippen MR) is 92.5 cm³/mol. The van der Waals surface area contributed by atoms with Gasteiger partial charge in [0.25, 0.3) is 0 Å². The molecule has 1 aliphatic rings. The fraction of sp³-hybridized carbons (Fsp3) is 0.467. The number of hydrogen-bond acceptors (Lipinski definition) is 2. The number of nitrogens with one attached hydrogen (secondary N) is 1. The Kier molecular flexibility index (Phi) is 10.3. The lowest BCUT2D eigenvalue weighted by Crippen LogP contribution is -2.45. The van der Waals surface area contributed by atoms with Gasteiger partial charge in [-0.3, -0.25) is 4.90 Å². The molecule has 0 unspecified atom stereocenters. The SMILES string of the molecule is C=CCC[C@@H](c1cc(F)ccc1Cl)N1CCNCC1.Cl.Cl. The summed E-state index contributed by atoms with van der Waals surface area (Å²) < 4.78 is 13.5. The molecule has 120 valence electrons. The van der Waals surface area contributed by atoms with E-state index in [0.29, 0.717) is 5.02 Å². The van der Waals surface area contributed by atoms with Crippen LogP contribution in [0.3, 0.4) is 0 Å². The van der Waals surface area contributed by atoms with Crippen LogP contribution in [-0.4, -0.2) is 31.1 Å². The number of nitrogens with zero attached hydrogens (tertiary/aromatic N) is 1. The molecular formula is C15H22Cl3FN2. The van der Waals surface area contributed by atoms with Crippen molar-refractivity contribution < 1.29 is 4.39 Å². The van der Waals surface area contributed by atoms with E-state index in [4.69, 9.17) is 11.6 Å². The van der Waals surface area contributed by atoms with Crippen LogP contribution in [0.4, 0.5) is 4.39 Å². The van der Waals surface area contributed by atoms with Crippen molar-refractivity contribution in [3.8, 4) is 0 Å². The van der Waals surface area contributed by atoms with Crippen LogP contribution in [0.5, 0.6) is 0 Å². The van der Waals surface area contributed by atoms with E-state index in [-0.39, 0.29) is 36.7 Å². The Morgan fingerprint density at radius 3 is 2.62 bits per heavy atom. The highest BCUT2D eigenvalue weighted by molar-refractivity contribution is 6.31. The number of hydrogen-bond donors (Lipinski definition) is 1. The second-order valence-corrected chi connectivity index (χ2v) is 5.24. The second-order valence-electron chi connectivity index (χ2n) is 4.83. The van der Waals surface area contributed by atoms with Gasteiger partial charge in [-0.1, -0.05) is 17.7 Å². The lowest BCUT2D eigenvalue weighted by molar-refractivity contribution is 0.166. The highest BCUT2D eigenvalue weighted by Gasteiger charge is 2.23. The number of halogens is 4. The summed E-state index contributed by atoms with van der Waals surface area (Å²) in [5, 5.41) is 3.98. The van der Waals surface area contributed by atoms with Crippen molar-refractivity contribution in [3.63, 3.8) is 0 Å². The first-order valence-corrected chi connectivity index (χ1v) is 7.11. The van der Waals surface area contributed by atoms with Crippen molar-refractivity contribution in [2.75, 3.05) is 26.2 Å². The molecule has 2 nitrogen and oxygen atoms in total. The molecule has 0 saturated carbocycles. The third-order valence-electron chi connectivity index (χ3n) is 3.55. The van der Waals surface area contributed by atoms with Gasteiger partial charge in [0.05, 0.1) is 0 Å². The molecule has 1 atom stereocenters. The van der Waals surface area contributed by atoms with Crippen molar-refractivity contribution in [1.29, 1.82) is 0 Å². The van der Waals surface area contributed by atoms with E-state index in [1.807, 2.05) is 6.08 Å². The van der Waals surface area contributed by atoms with Crippen LogP contribution in [0, 0.1) is 5.82 Å². The van der Waals surface area contributed by atoms with Gasteiger partial charge < -0.3 is 5.32 Å². The molecule has 1 fully saturated rings. The van der Waals surface area contributed by atoms with Crippen LogP contribution in [-0.2, 0) is 0 Å². The van der Waals surface area contributed by atoms with E-state index in [2.05, 4.69) is 16.8 Å². The van der Waals surface area contributed by atoms with E-state index in [1.165, 1.54) is 6.07 Å². The van der Waals surface area contributed by atoms with Crippen molar-refractivity contribution in [2.24, 2.45) is 0 Å². The molecule has 0 amide bonds. The highest BCUT2D eigenvalue weighted by atomic mass is 35.5. The van der Waals surface area contributed by atoms with Crippen LogP contribution in [0.15, 0.2) is 30.9 Å². The van der Waals surface area contributed by atoms with Gasteiger partial charge in [-0.25, -0.2) is 4.39 Å². The molecule has 1 aliphatic heterocycles. The molecular weight excluding hydrogens is 334 g/mol. The molecule has 0 bridgehead atoms. The molecule has 1 saturated heterocycles. The average Bonchev–Trinajstić information content (AvgIpc) is 2.44. The molecule has 1 N–H and O–H groups in total. The zero-order valence-corrected chi connectivity index (χ0v) is 14.2. The van der Waals surface area contributed by atoms with Crippen molar-refractivity contribution in [3.05, 3.63) is 47.3 Å². The smallest absolute Gasteiger partial charge is 0.123 e. The van der Waals surface area contributed by atoms with Crippen LogP contribution >= 0.6 is 36.4 Å². The third-order valence-corrected chi connectivity index (χ3v) is 3.90. The maximum Gasteiger partial charge on any atom is 0.123 e. The van der Waals surface area contributed by atoms with Crippen molar-refractivity contribution in [1.82, 2.24) is 10.2 Å². The number of benzene rings is 1. The molecule has 0 spiro atoms. The molecule has 1 aromatic rings. The van der Waals surface area contributed by atoms with Gasteiger partial charge in [0.1, 0.15) is 5.82 Å². The van der Waals surface area contributed by atoms with Crippen LogP contribution in [0.25, 0.3) is 0 Å². The summed E-state index contributed by atoms with van der Waals surface area (Å²) in [6, 6.07) is 4.80. The van der Waals surface area contributed by atoms with E-state index in [0.717, 1.165) is 44.6 Å². The monoisotopic (exact) mass is 354 g/mol. The number of allylic oxidation sites excluding steroid dienone is 1. The fourth-order valence-electron chi connectivity index (χ4n) is 2.57. The Morgan fingerprint density at radius 2 is 2.00 bits per heavy atom. The zero-order chi connectivity index (χ0) is 13.7. The van der Waals surface area contributed by atoms with E-state index >= 15 is 0 Å². The van der Waals surface area contributed by atoms with E-state index in [9.17, 15) is 4.39 Å². The highest BCUT2D eigenvalue weighted by Crippen LogP contribution is 2.32. The Labute approximate surface area is 143 Å². The van der Waals surface area contributed by atoms with Gasteiger partial charge in [0, 0.05) is 37.2 Å². The minimum absolute atomic E-state index is 0. The zero-order valence-electron chi connectivity index (χ0n) is 11.9. The standard InChI is InChI=1S/C15H20ClFN2.2ClH/c1-2-3-4-15(19-9-7-18-8-10-19)13-11-12(17)5-6-14(13)16;;/h2,5-6,11,15,18H,1,3-4,7-10H2;2*1H/t15-;;/m0../s1. The fourth-order valence-corrected chi connectivity index (χ4v) is 2.82. The summed E-state index contributed by atoms with van der Waals surface area (Å²) in [4.78, 5) is 2.38. The largest absolute Gasteiger partial charge is 0.314 e. The Balaban J connectivity index is 0.00000200. The maximum absolute atomic E-state index is 13.5. The van der Waals surface area contributed by atoms with Crippen molar-refractivity contribution >= 4 is 36.4 Å². The first kappa shape index (κ1) is 20.7. The number of piperazine rings is 1. The summed E-state index contributed by atoms with van der Waals surface area (Å²) >= 11 is 6.25. The van der Waals surface area contributed by atoms with Crippen molar-refractivity contribution in [2.45, 2.75) is 18.9 Å². The Bertz CT molecular complexity index is 437. The average molecular weight is 356 g/mol.